The van der Waals surface area contributed by atoms with E-state index < -0.39 is 0 Å². The lowest BCUT2D eigenvalue weighted by atomic mass is 10.1. The van der Waals surface area contributed by atoms with Crippen molar-refractivity contribution in [3.8, 4) is 0 Å². The van der Waals surface area contributed by atoms with E-state index in [4.69, 9.17) is 0 Å². The Morgan fingerprint density at radius 3 is 2.29 bits per heavy atom. The van der Waals surface area contributed by atoms with Crippen LogP contribution in [-0.4, -0.2) is 53.7 Å². The molecule has 1 aromatic carbocycles. The molecule has 3 amide bonds. The largest absolute Gasteiger partial charge is 0.341 e. The Balaban J connectivity index is 2.01. The molecule has 0 spiro atoms. The van der Waals surface area contributed by atoms with Gasteiger partial charge in [-0.1, -0.05) is 26.0 Å². The predicted molar refractivity (Wildman–Crippen MR) is 93.1 cm³/mol. The smallest absolute Gasteiger partial charge is 0.321 e. The molecule has 2 rings (SSSR count). The monoisotopic (exact) mass is 331 g/mol. The van der Waals surface area contributed by atoms with E-state index in [1.165, 1.54) is 6.92 Å². The molecule has 1 aliphatic rings. The lowest BCUT2D eigenvalue weighted by molar-refractivity contribution is -0.134. The Morgan fingerprint density at radius 1 is 1.00 bits per heavy atom. The van der Waals surface area contributed by atoms with Gasteiger partial charge in [0.1, 0.15) is 0 Å². The van der Waals surface area contributed by atoms with Crippen molar-refractivity contribution in [1.29, 1.82) is 0 Å². The third-order valence-electron chi connectivity index (χ3n) is 4.14. The Kier molecular flexibility index (Phi) is 5.95. The van der Waals surface area contributed by atoms with Crippen molar-refractivity contribution < 1.29 is 14.4 Å². The zero-order valence-corrected chi connectivity index (χ0v) is 14.5. The van der Waals surface area contributed by atoms with Crippen LogP contribution < -0.4 is 5.32 Å². The number of amides is 3. The van der Waals surface area contributed by atoms with E-state index >= 15 is 0 Å². The second-order valence-corrected chi connectivity index (χ2v) is 6.35. The summed E-state index contributed by atoms with van der Waals surface area (Å²) in [5.74, 6) is 0.00229. The number of nitrogens with zero attached hydrogens (tertiary/aromatic N) is 2. The van der Waals surface area contributed by atoms with Crippen molar-refractivity contribution in [1.82, 2.24) is 9.80 Å². The van der Waals surface area contributed by atoms with Crippen LogP contribution in [0.4, 0.5) is 10.5 Å². The molecule has 0 atom stereocenters. The van der Waals surface area contributed by atoms with E-state index in [-0.39, 0.29) is 23.6 Å². The summed E-state index contributed by atoms with van der Waals surface area (Å²) in [6, 6.07) is 6.74. The molecule has 0 unspecified atom stereocenters. The maximum Gasteiger partial charge on any atom is 0.321 e. The highest BCUT2D eigenvalue weighted by Gasteiger charge is 2.23. The van der Waals surface area contributed by atoms with Crippen molar-refractivity contribution in [2.45, 2.75) is 27.2 Å². The third-order valence-corrected chi connectivity index (χ3v) is 4.14. The normalized spacial score (nSPS) is 15.2. The molecule has 130 valence electrons. The summed E-state index contributed by atoms with van der Waals surface area (Å²) in [7, 11) is 0. The molecule has 6 heteroatoms. The first kappa shape index (κ1) is 18.0. The van der Waals surface area contributed by atoms with Gasteiger partial charge in [-0.2, -0.15) is 0 Å². The lowest BCUT2D eigenvalue weighted by Crippen LogP contribution is -2.40. The molecular weight excluding hydrogens is 306 g/mol. The van der Waals surface area contributed by atoms with Gasteiger partial charge in [0.2, 0.25) is 5.91 Å². The average Bonchev–Trinajstić information content (AvgIpc) is 2.80. The molecule has 0 aliphatic carbocycles. The molecule has 6 nitrogen and oxygen atoms in total. The Labute approximate surface area is 142 Å². The summed E-state index contributed by atoms with van der Waals surface area (Å²) in [5.41, 5.74) is 1.02. The van der Waals surface area contributed by atoms with Gasteiger partial charge in [-0.15, -0.1) is 0 Å². The van der Waals surface area contributed by atoms with E-state index in [1.807, 2.05) is 18.7 Å². The predicted octanol–water partition coefficient (Wildman–Crippen LogP) is 2.61. The average molecular weight is 331 g/mol. The van der Waals surface area contributed by atoms with E-state index in [0.29, 0.717) is 37.4 Å². The number of anilines is 1. The summed E-state index contributed by atoms with van der Waals surface area (Å²) in [4.78, 5) is 39.8. The highest BCUT2D eigenvalue weighted by Crippen LogP contribution is 2.17. The number of urea groups is 1. The zero-order valence-electron chi connectivity index (χ0n) is 14.5. The van der Waals surface area contributed by atoms with Gasteiger partial charge in [0.25, 0.3) is 0 Å². The number of benzene rings is 1. The van der Waals surface area contributed by atoms with Crippen molar-refractivity contribution in [2.24, 2.45) is 5.92 Å². The van der Waals surface area contributed by atoms with Crippen LogP contribution in [-0.2, 0) is 4.79 Å². The van der Waals surface area contributed by atoms with E-state index in [9.17, 15) is 14.4 Å². The number of Topliss-reactive ketones (excluding diaryl/α,β-unsaturated/α-hetero) is 1. The first-order valence-electron chi connectivity index (χ1n) is 8.35. The number of hydrogen-bond acceptors (Lipinski definition) is 3. The molecule has 1 aromatic rings. The van der Waals surface area contributed by atoms with Crippen molar-refractivity contribution in [3.05, 3.63) is 29.8 Å². The van der Waals surface area contributed by atoms with Crippen LogP contribution in [0.3, 0.4) is 0 Å². The summed E-state index contributed by atoms with van der Waals surface area (Å²) in [6.07, 6.45) is 0.750. The Hall–Kier alpha value is -2.37. The van der Waals surface area contributed by atoms with Crippen molar-refractivity contribution >= 4 is 23.4 Å². The fourth-order valence-corrected chi connectivity index (χ4v) is 2.80. The molecule has 24 heavy (non-hydrogen) atoms. The van der Waals surface area contributed by atoms with Gasteiger partial charge in [0.15, 0.2) is 5.78 Å². The second kappa shape index (κ2) is 7.95. The Bertz CT molecular complexity index is 628. The van der Waals surface area contributed by atoms with E-state index in [2.05, 4.69) is 5.32 Å². The number of rotatable bonds is 3. The maximum atomic E-state index is 12.5. The standard InChI is InChI=1S/C18H25N3O3/c1-13(2)17(23)20-9-6-10-21(12-11-20)18(24)19-16-8-5-4-7-15(16)14(3)22/h4-5,7-8,13H,6,9-12H2,1-3H3,(H,19,24). The van der Waals surface area contributed by atoms with Gasteiger partial charge in [-0.05, 0) is 25.5 Å². The van der Waals surface area contributed by atoms with Gasteiger partial charge in [0, 0.05) is 37.7 Å². The van der Waals surface area contributed by atoms with Gasteiger partial charge < -0.3 is 15.1 Å². The van der Waals surface area contributed by atoms with Crippen LogP contribution in [0.2, 0.25) is 0 Å². The minimum Gasteiger partial charge on any atom is -0.341 e. The van der Waals surface area contributed by atoms with Gasteiger partial charge in [-0.25, -0.2) is 4.79 Å². The summed E-state index contributed by atoms with van der Waals surface area (Å²) < 4.78 is 0. The fourth-order valence-electron chi connectivity index (χ4n) is 2.80. The topological polar surface area (TPSA) is 69.7 Å². The summed E-state index contributed by atoms with van der Waals surface area (Å²) in [5, 5.41) is 2.82. The summed E-state index contributed by atoms with van der Waals surface area (Å²) in [6.45, 7) is 7.55. The minimum absolute atomic E-state index is 0.0344. The minimum atomic E-state index is -0.234. The first-order chi connectivity index (χ1) is 11.4. The SMILES string of the molecule is CC(=O)c1ccccc1NC(=O)N1CCCN(C(=O)C(C)C)CC1. The molecule has 0 saturated carbocycles. The van der Waals surface area contributed by atoms with Crippen LogP contribution in [0.5, 0.6) is 0 Å². The quantitative estimate of drug-likeness (QED) is 0.866. The lowest BCUT2D eigenvalue weighted by Gasteiger charge is -2.24. The highest BCUT2D eigenvalue weighted by molar-refractivity contribution is 6.03. The number of para-hydroxylation sites is 1. The highest BCUT2D eigenvalue weighted by atomic mass is 16.2. The molecule has 1 fully saturated rings. The summed E-state index contributed by atoms with van der Waals surface area (Å²) >= 11 is 0. The van der Waals surface area contributed by atoms with Crippen molar-refractivity contribution in [2.75, 3.05) is 31.5 Å². The van der Waals surface area contributed by atoms with Gasteiger partial charge in [0.05, 0.1) is 5.69 Å². The van der Waals surface area contributed by atoms with Crippen LogP contribution >= 0.6 is 0 Å². The maximum absolute atomic E-state index is 12.5. The molecule has 1 aliphatic heterocycles. The van der Waals surface area contributed by atoms with Crippen LogP contribution in [0.15, 0.2) is 24.3 Å². The van der Waals surface area contributed by atoms with Gasteiger partial charge >= 0.3 is 6.03 Å². The Morgan fingerprint density at radius 2 is 1.62 bits per heavy atom. The first-order valence-corrected chi connectivity index (χ1v) is 8.35. The number of carbonyl (C=O) groups is 3. The number of carbonyl (C=O) groups excluding carboxylic acids is 3. The second-order valence-electron chi connectivity index (χ2n) is 6.35. The number of hydrogen-bond donors (Lipinski definition) is 1. The van der Waals surface area contributed by atoms with Crippen LogP contribution in [0.25, 0.3) is 0 Å². The molecule has 1 heterocycles. The van der Waals surface area contributed by atoms with Crippen LogP contribution in [0.1, 0.15) is 37.6 Å². The zero-order chi connectivity index (χ0) is 17.7. The van der Waals surface area contributed by atoms with Crippen molar-refractivity contribution in [3.63, 3.8) is 0 Å². The van der Waals surface area contributed by atoms with Crippen LogP contribution in [0, 0.1) is 5.92 Å². The molecule has 0 radical (unpaired) electrons. The number of ketones is 1. The number of nitrogens with one attached hydrogen (secondary N) is 1. The molecule has 0 bridgehead atoms. The van der Waals surface area contributed by atoms with E-state index in [0.717, 1.165) is 6.42 Å². The molecule has 0 aromatic heterocycles. The van der Waals surface area contributed by atoms with Gasteiger partial charge in [-0.3, -0.25) is 9.59 Å². The molecule has 1 N–H and O–H groups in total. The van der Waals surface area contributed by atoms with E-state index in [1.54, 1.807) is 29.2 Å². The third kappa shape index (κ3) is 4.34. The fraction of sp³-hybridized carbons (Fsp3) is 0.500. The molecule has 1 saturated heterocycles. The molecular formula is C18H25N3O3.